The van der Waals surface area contributed by atoms with Gasteiger partial charge in [0.1, 0.15) is 37.8 Å². The number of quaternary nitrogens is 2. The fourth-order valence-corrected chi connectivity index (χ4v) is 3.45. The van der Waals surface area contributed by atoms with Gasteiger partial charge < -0.3 is 18.4 Å². The van der Waals surface area contributed by atoms with Gasteiger partial charge in [-0.05, 0) is 54.2 Å². The van der Waals surface area contributed by atoms with Crippen molar-refractivity contribution in [3.8, 4) is 11.5 Å². The molecule has 2 aromatic carbocycles. The summed E-state index contributed by atoms with van der Waals surface area (Å²) in [5.74, 6) is 2.44. The summed E-state index contributed by atoms with van der Waals surface area (Å²) in [4.78, 5) is 0. The normalized spacial score (nSPS) is 13.1. The van der Waals surface area contributed by atoms with E-state index in [0.29, 0.717) is 5.92 Å². The molecule has 0 aliphatic carbocycles. The Labute approximate surface area is 190 Å². The number of hydrogen-bond acceptors (Lipinski definition) is 2. The number of ether oxygens (including phenoxy) is 2. The Hall–Kier alpha value is -2.04. The zero-order valence-electron chi connectivity index (χ0n) is 20.9. The van der Waals surface area contributed by atoms with Crippen molar-refractivity contribution >= 4 is 0 Å². The summed E-state index contributed by atoms with van der Waals surface area (Å²) in [6, 6.07) is 17.4. The molecule has 0 bridgehead atoms. The lowest BCUT2D eigenvalue weighted by molar-refractivity contribution is -0.870. The number of nitrogens with zero attached hydrogens (tertiary/aromatic N) is 2. The predicted octanol–water partition coefficient (Wildman–Crippen LogP) is 4.98. The van der Waals surface area contributed by atoms with E-state index < -0.39 is 0 Å². The van der Waals surface area contributed by atoms with Crippen molar-refractivity contribution in [3.05, 3.63) is 59.7 Å². The van der Waals surface area contributed by atoms with Gasteiger partial charge in [-0.25, -0.2) is 0 Å². The molecule has 0 N–H and O–H groups in total. The lowest BCUT2D eigenvalue weighted by Crippen LogP contribution is -2.38. The molecular weight excluding hydrogens is 384 g/mol. The summed E-state index contributed by atoms with van der Waals surface area (Å²) in [6.07, 6.45) is 3.41. The minimum absolute atomic E-state index is 0.523. The molecule has 2 aromatic rings. The number of rotatable bonds is 13. The van der Waals surface area contributed by atoms with Crippen molar-refractivity contribution < 1.29 is 18.4 Å². The molecule has 0 aliphatic rings. The van der Waals surface area contributed by atoms with E-state index in [1.54, 1.807) is 0 Å². The van der Waals surface area contributed by atoms with Crippen LogP contribution in [0.3, 0.4) is 0 Å². The highest BCUT2D eigenvalue weighted by atomic mass is 16.5. The van der Waals surface area contributed by atoms with Crippen LogP contribution < -0.4 is 9.47 Å². The van der Waals surface area contributed by atoms with Crippen LogP contribution in [0.1, 0.15) is 36.8 Å². The van der Waals surface area contributed by atoms with E-state index in [9.17, 15) is 0 Å². The van der Waals surface area contributed by atoms with Crippen molar-refractivity contribution in [2.24, 2.45) is 0 Å². The highest BCUT2D eigenvalue weighted by Gasteiger charge is 2.13. The van der Waals surface area contributed by atoms with E-state index in [1.165, 1.54) is 24.0 Å². The minimum Gasteiger partial charge on any atom is -0.488 e. The molecule has 0 aromatic heterocycles. The molecule has 0 saturated heterocycles. The van der Waals surface area contributed by atoms with Crippen LogP contribution in [0.5, 0.6) is 11.5 Å². The van der Waals surface area contributed by atoms with Gasteiger partial charge in [-0.3, -0.25) is 0 Å². The second-order valence-corrected chi connectivity index (χ2v) is 10.6. The van der Waals surface area contributed by atoms with E-state index in [2.05, 4.69) is 97.7 Å². The first-order valence-electron chi connectivity index (χ1n) is 11.6. The van der Waals surface area contributed by atoms with E-state index in [-0.39, 0.29) is 0 Å². The molecule has 1 atom stereocenters. The average Bonchev–Trinajstić information content (AvgIpc) is 2.68. The quantitative estimate of drug-likeness (QED) is 0.419. The molecule has 4 nitrogen and oxygen atoms in total. The van der Waals surface area contributed by atoms with E-state index in [0.717, 1.165) is 53.2 Å². The first-order chi connectivity index (χ1) is 14.6. The first kappa shape index (κ1) is 25.2. The highest BCUT2D eigenvalue weighted by Crippen LogP contribution is 2.28. The Balaban J connectivity index is 1.93. The fraction of sp³-hybridized carbons (Fsp3) is 0.556. The van der Waals surface area contributed by atoms with Crippen molar-refractivity contribution in [3.63, 3.8) is 0 Å². The molecule has 4 heteroatoms. The molecule has 0 radical (unpaired) electrons. The van der Waals surface area contributed by atoms with Gasteiger partial charge in [0, 0.05) is 0 Å². The molecule has 31 heavy (non-hydrogen) atoms. The maximum Gasteiger partial charge on any atom is 0.137 e. The molecule has 1 unspecified atom stereocenters. The van der Waals surface area contributed by atoms with Crippen molar-refractivity contribution in [2.45, 2.75) is 32.1 Å². The van der Waals surface area contributed by atoms with E-state index in [4.69, 9.17) is 9.47 Å². The van der Waals surface area contributed by atoms with Gasteiger partial charge in [-0.2, -0.15) is 0 Å². The van der Waals surface area contributed by atoms with Gasteiger partial charge in [0.2, 0.25) is 0 Å². The molecule has 0 spiro atoms. The molecule has 0 saturated carbocycles. The number of benzene rings is 2. The molecule has 2 rings (SSSR count). The standard InChI is InChI=1S/C27H44N2O2/c1-8-9-25(24-12-16-27(17-13-24)31-21-19-29(5,6)7)22-23-10-14-26(15-11-23)30-20-18-28(2,3)4/h10-17,25H,8-9,18-22H2,1-7H3/q+2. The summed E-state index contributed by atoms with van der Waals surface area (Å²) in [7, 11) is 13.1. The van der Waals surface area contributed by atoms with Crippen molar-refractivity contribution in [2.75, 3.05) is 68.6 Å². The molecule has 172 valence electrons. The Morgan fingerprint density at radius 3 is 1.55 bits per heavy atom. The van der Waals surface area contributed by atoms with Crippen LogP contribution in [0.25, 0.3) is 0 Å². The van der Waals surface area contributed by atoms with Crippen LogP contribution in [0.15, 0.2) is 48.5 Å². The van der Waals surface area contributed by atoms with Gasteiger partial charge in [-0.1, -0.05) is 37.6 Å². The second-order valence-electron chi connectivity index (χ2n) is 10.6. The van der Waals surface area contributed by atoms with Gasteiger partial charge >= 0.3 is 0 Å². The van der Waals surface area contributed by atoms with Crippen molar-refractivity contribution in [1.82, 2.24) is 0 Å². The topological polar surface area (TPSA) is 18.5 Å². The maximum atomic E-state index is 5.93. The Kier molecular flexibility index (Phi) is 9.39. The van der Waals surface area contributed by atoms with Crippen molar-refractivity contribution in [1.29, 1.82) is 0 Å². The molecule has 0 amide bonds. The molecule has 0 heterocycles. The SMILES string of the molecule is CCCC(Cc1ccc(OCC[N+](C)(C)C)cc1)c1ccc(OCC[N+](C)(C)C)cc1. The van der Waals surface area contributed by atoms with Crippen LogP contribution in [0.4, 0.5) is 0 Å². The van der Waals surface area contributed by atoms with Gasteiger partial charge in [0.15, 0.2) is 0 Å². The lowest BCUT2D eigenvalue weighted by Gasteiger charge is -2.24. The van der Waals surface area contributed by atoms with Gasteiger partial charge in [0.05, 0.1) is 42.3 Å². The van der Waals surface area contributed by atoms with E-state index in [1.807, 2.05) is 0 Å². The largest absolute Gasteiger partial charge is 0.488 e. The minimum atomic E-state index is 0.523. The Bertz CT molecular complexity index is 756. The van der Waals surface area contributed by atoms with Gasteiger partial charge in [-0.15, -0.1) is 0 Å². The first-order valence-corrected chi connectivity index (χ1v) is 11.6. The summed E-state index contributed by atoms with van der Waals surface area (Å²) >= 11 is 0. The second kappa shape index (κ2) is 11.5. The van der Waals surface area contributed by atoms with Crippen LogP contribution in [0.2, 0.25) is 0 Å². The summed E-state index contributed by atoms with van der Waals surface area (Å²) in [6.45, 7) is 5.74. The third-order valence-electron chi connectivity index (χ3n) is 5.46. The van der Waals surface area contributed by atoms with E-state index >= 15 is 0 Å². The highest BCUT2D eigenvalue weighted by molar-refractivity contribution is 5.32. The number of likely N-dealkylation sites (N-methyl/N-ethyl adjacent to an activating group) is 2. The Morgan fingerprint density at radius 1 is 0.677 bits per heavy atom. The smallest absolute Gasteiger partial charge is 0.137 e. The van der Waals surface area contributed by atoms with Crippen LogP contribution in [0, 0.1) is 0 Å². The lowest BCUT2D eigenvalue weighted by atomic mass is 9.88. The van der Waals surface area contributed by atoms with Crippen LogP contribution in [-0.2, 0) is 6.42 Å². The fourth-order valence-electron chi connectivity index (χ4n) is 3.45. The average molecular weight is 429 g/mol. The van der Waals surface area contributed by atoms with Crippen LogP contribution >= 0.6 is 0 Å². The summed E-state index contributed by atoms with van der Waals surface area (Å²) in [5, 5.41) is 0. The third-order valence-corrected chi connectivity index (χ3v) is 5.46. The molecule has 0 fully saturated rings. The summed E-state index contributed by atoms with van der Waals surface area (Å²) in [5.41, 5.74) is 2.75. The van der Waals surface area contributed by atoms with Crippen LogP contribution in [-0.4, -0.2) is 77.6 Å². The Morgan fingerprint density at radius 2 is 1.13 bits per heavy atom. The monoisotopic (exact) mass is 428 g/mol. The summed E-state index contributed by atoms with van der Waals surface area (Å²) < 4.78 is 13.7. The maximum absolute atomic E-state index is 5.93. The molecular formula is C27H44N2O2+2. The number of hydrogen-bond donors (Lipinski definition) is 0. The van der Waals surface area contributed by atoms with Gasteiger partial charge in [0.25, 0.3) is 0 Å². The zero-order chi connectivity index (χ0) is 22.9. The zero-order valence-corrected chi connectivity index (χ0v) is 20.9. The molecule has 0 aliphatic heterocycles. The predicted molar refractivity (Wildman–Crippen MR) is 131 cm³/mol. The third kappa shape index (κ3) is 10.2.